The minimum Gasteiger partial charge on any atom is -0.355 e. The van der Waals surface area contributed by atoms with Gasteiger partial charge in [0.05, 0.1) is 6.54 Å². The molecule has 1 aromatic carbocycles. The van der Waals surface area contributed by atoms with E-state index in [0.717, 1.165) is 24.9 Å². The van der Waals surface area contributed by atoms with Gasteiger partial charge >= 0.3 is 0 Å². The van der Waals surface area contributed by atoms with Crippen molar-refractivity contribution in [3.8, 4) is 0 Å². The molecule has 1 saturated carbocycles. The highest BCUT2D eigenvalue weighted by molar-refractivity contribution is 5.97. The van der Waals surface area contributed by atoms with Crippen molar-refractivity contribution in [3.63, 3.8) is 0 Å². The maximum atomic E-state index is 12.3. The van der Waals surface area contributed by atoms with Crippen LogP contribution in [0, 0.1) is 11.8 Å². The van der Waals surface area contributed by atoms with E-state index in [4.69, 9.17) is 0 Å². The van der Waals surface area contributed by atoms with Crippen molar-refractivity contribution in [2.45, 2.75) is 32.1 Å². The van der Waals surface area contributed by atoms with Crippen molar-refractivity contribution in [2.75, 3.05) is 32.0 Å². The monoisotopic (exact) mass is 329 g/mol. The Kier molecular flexibility index (Phi) is 5.51. The number of benzene rings is 1. The second-order valence-corrected chi connectivity index (χ2v) is 7.04. The molecule has 1 aliphatic carbocycles. The van der Waals surface area contributed by atoms with E-state index in [1.165, 1.54) is 32.1 Å². The number of carbonyl (C=O) groups excluding carboxylic acids is 2. The smallest absolute Gasteiger partial charge is 0.251 e. The van der Waals surface area contributed by atoms with Crippen LogP contribution in [0.15, 0.2) is 24.3 Å². The molecule has 2 aliphatic rings. The molecule has 2 amide bonds. The second-order valence-electron chi connectivity index (χ2n) is 7.04. The van der Waals surface area contributed by atoms with Gasteiger partial charge in [0.1, 0.15) is 0 Å². The van der Waals surface area contributed by atoms with Gasteiger partial charge in [-0.3, -0.25) is 14.5 Å². The largest absolute Gasteiger partial charge is 0.355 e. The van der Waals surface area contributed by atoms with Crippen molar-refractivity contribution in [2.24, 2.45) is 11.8 Å². The van der Waals surface area contributed by atoms with E-state index in [9.17, 15) is 9.59 Å². The highest BCUT2D eigenvalue weighted by Gasteiger charge is 2.31. The Morgan fingerprint density at radius 1 is 1.17 bits per heavy atom. The molecule has 1 heterocycles. The second kappa shape index (κ2) is 7.79. The molecule has 24 heavy (non-hydrogen) atoms. The fraction of sp³-hybridized carbons (Fsp3) is 0.579. The molecule has 0 radical (unpaired) electrons. The molecule has 0 bridgehead atoms. The van der Waals surface area contributed by atoms with Crippen LogP contribution < -0.4 is 10.6 Å². The standard InChI is InChI=1S/C19H27N3O2/c1-20-19(24)15-7-4-8-17(11-15)21-18(23)13-22-10-9-14-5-2-3-6-16(14)12-22/h4,7-8,11,14,16H,2-3,5-6,9-10,12-13H2,1H3,(H,20,24)(H,21,23)/t14-,16-/m0/s1. The number of nitrogens with zero attached hydrogens (tertiary/aromatic N) is 1. The molecule has 2 fully saturated rings. The van der Waals surface area contributed by atoms with Gasteiger partial charge in [-0.2, -0.15) is 0 Å². The summed E-state index contributed by atoms with van der Waals surface area (Å²) in [6.07, 6.45) is 6.63. The SMILES string of the molecule is CNC(=O)c1cccc(NC(=O)CN2CC[C@@H]3CCCC[C@H]3C2)c1. The van der Waals surface area contributed by atoms with Crippen LogP contribution in [0.25, 0.3) is 0 Å². The first-order valence-electron chi connectivity index (χ1n) is 9.00. The van der Waals surface area contributed by atoms with Crippen LogP contribution in [-0.2, 0) is 4.79 Å². The number of amides is 2. The highest BCUT2D eigenvalue weighted by atomic mass is 16.2. The molecule has 2 atom stereocenters. The molecule has 5 heteroatoms. The Balaban J connectivity index is 1.53. The number of likely N-dealkylation sites (tertiary alicyclic amines) is 1. The lowest BCUT2D eigenvalue weighted by Gasteiger charge is -2.41. The summed E-state index contributed by atoms with van der Waals surface area (Å²) in [4.78, 5) is 26.3. The molecule has 5 nitrogen and oxygen atoms in total. The Morgan fingerprint density at radius 2 is 1.96 bits per heavy atom. The number of hydrogen-bond acceptors (Lipinski definition) is 3. The molecule has 3 rings (SSSR count). The van der Waals surface area contributed by atoms with Gasteiger partial charge in [0.15, 0.2) is 0 Å². The molecule has 1 aromatic rings. The lowest BCUT2D eigenvalue weighted by atomic mass is 9.75. The number of anilines is 1. The summed E-state index contributed by atoms with van der Waals surface area (Å²) >= 11 is 0. The molecule has 1 saturated heterocycles. The van der Waals surface area contributed by atoms with Crippen LogP contribution in [0.1, 0.15) is 42.5 Å². The van der Waals surface area contributed by atoms with E-state index in [2.05, 4.69) is 15.5 Å². The molecule has 0 unspecified atom stereocenters. The van der Waals surface area contributed by atoms with E-state index in [0.29, 0.717) is 17.8 Å². The van der Waals surface area contributed by atoms with E-state index in [-0.39, 0.29) is 11.8 Å². The van der Waals surface area contributed by atoms with Crippen LogP contribution in [0.3, 0.4) is 0 Å². The van der Waals surface area contributed by atoms with Crippen LogP contribution in [0.5, 0.6) is 0 Å². The average molecular weight is 329 g/mol. The first kappa shape index (κ1) is 17.0. The Hall–Kier alpha value is -1.88. The van der Waals surface area contributed by atoms with Crippen molar-refractivity contribution in [3.05, 3.63) is 29.8 Å². The molecule has 2 N–H and O–H groups in total. The summed E-state index contributed by atoms with van der Waals surface area (Å²) < 4.78 is 0. The lowest BCUT2D eigenvalue weighted by molar-refractivity contribution is -0.118. The van der Waals surface area contributed by atoms with Crippen LogP contribution in [-0.4, -0.2) is 43.4 Å². The van der Waals surface area contributed by atoms with Crippen molar-refractivity contribution >= 4 is 17.5 Å². The Morgan fingerprint density at radius 3 is 2.75 bits per heavy atom. The summed E-state index contributed by atoms with van der Waals surface area (Å²) in [6, 6.07) is 7.05. The zero-order chi connectivity index (χ0) is 16.9. The maximum Gasteiger partial charge on any atom is 0.251 e. The fourth-order valence-electron chi connectivity index (χ4n) is 4.11. The average Bonchev–Trinajstić information content (AvgIpc) is 2.61. The molecule has 0 aromatic heterocycles. The predicted molar refractivity (Wildman–Crippen MR) is 95.0 cm³/mol. The molecular weight excluding hydrogens is 302 g/mol. The maximum absolute atomic E-state index is 12.3. The number of fused-ring (bicyclic) bond motifs is 1. The van der Waals surface area contributed by atoms with Gasteiger partial charge in [0.2, 0.25) is 5.91 Å². The van der Waals surface area contributed by atoms with Gasteiger partial charge in [0.25, 0.3) is 5.91 Å². The van der Waals surface area contributed by atoms with Gasteiger partial charge < -0.3 is 10.6 Å². The van der Waals surface area contributed by atoms with Crippen molar-refractivity contribution in [1.82, 2.24) is 10.2 Å². The fourth-order valence-corrected chi connectivity index (χ4v) is 4.11. The minimum absolute atomic E-state index is 0.00156. The zero-order valence-electron chi connectivity index (χ0n) is 14.4. The van der Waals surface area contributed by atoms with Gasteiger partial charge in [-0.15, -0.1) is 0 Å². The van der Waals surface area contributed by atoms with Crippen LogP contribution in [0.2, 0.25) is 0 Å². The number of piperidine rings is 1. The van der Waals surface area contributed by atoms with E-state index in [1.807, 2.05) is 6.07 Å². The van der Waals surface area contributed by atoms with Crippen LogP contribution in [0.4, 0.5) is 5.69 Å². The first-order valence-corrected chi connectivity index (χ1v) is 9.00. The normalized spacial score (nSPS) is 24.0. The summed E-state index contributed by atoms with van der Waals surface area (Å²) in [6.45, 7) is 2.51. The summed E-state index contributed by atoms with van der Waals surface area (Å²) in [5.41, 5.74) is 1.23. The van der Waals surface area contributed by atoms with Gasteiger partial charge in [0, 0.05) is 24.8 Å². The number of carbonyl (C=O) groups is 2. The highest BCUT2D eigenvalue weighted by Crippen LogP contribution is 2.35. The summed E-state index contributed by atoms with van der Waals surface area (Å²) in [7, 11) is 1.60. The third-order valence-corrected chi connectivity index (χ3v) is 5.38. The van der Waals surface area contributed by atoms with Crippen molar-refractivity contribution < 1.29 is 9.59 Å². The number of nitrogens with one attached hydrogen (secondary N) is 2. The van der Waals surface area contributed by atoms with Gasteiger partial charge in [-0.1, -0.05) is 25.3 Å². The van der Waals surface area contributed by atoms with Crippen molar-refractivity contribution in [1.29, 1.82) is 0 Å². The molecule has 1 aliphatic heterocycles. The topological polar surface area (TPSA) is 61.4 Å². The van der Waals surface area contributed by atoms with Crippen LogP contribution >= 0.6 is 0 Å². The first-order chi connectivity index (χ1) is 11.7. The minimum atomic E-state index is -0.148. The molecular formula is C19H27N3O2. The predicted octanol–water partition coefficient (Wildman–Crippen LogP) is 2.50. The summed E-state index contributed by atoms with van der Waals surface area (Å²) in [5.74, 6) is 1.50. The zero-order valence-corrected chi connectivity index (χ0v) is 14.4. The molecule has 0 spiro atoms. The van der Waals surface area contributed by atoms with E-state index >= 15 is 0 Å². The number of rotatable bonds is 4. The Labute approximate surface area is 143 Å². The molecule has 130 valence electrons. The van der Waals surface area contributed by atoms with E-state index < -0.39 is 0 Å². The third kappa shape index (κ3) is 4.15. The summed E-state index contributed by atoms with van der Waals surface area (Å²) in [5, 5.41) is 5.51. The van der Waals surface area contributed by atoms with E-state index in [1.54, 1.807) is 25.2 Å². The third-order valence-electron chi connectivity index (χ3n) is 5.38. The van der Waals surface area contributed by atoms with Gasteiger partial charge in [-0.05, 0) is 49.4 Å². The quantitative estimate of drug-likeness (QED) is 0.892. The lowest BCUT2D eigenvalue weighted by Crippen LogP contribution is -2.44. The van der Waals surface area contributed by atoms with Gasteiger partial charge in [-0.25, -0.2) is 0 Å². The Bertz CT molecular complexity index is 602. The number of hydrogen-bond donors (Lipinski definition) is 2.